The normalized spacial score (nSPS) is 14.2. The van der Waals surface area contributed by atoms with E-state index in [-0.39, 0.29) is 16.5 Å². The van der Waals surface area contributed by atoms with Crippen LogP contribution in [0.4, 0.5) is 11.4 Å². The Morgan fingerprint density at radius 3 is 2.07 bits per heavy atom. The quantitative estimate of drug-likeness (QED) is 0.343. The van der Waals surface area contributed by atoms with Gasteiger partial charge in [0.1, 0.15) is 0 Å². The van der Waals surface area contributed by atoms with E-state index in [0.717, 1.165) is 0 Å². The van der Waals surface area contributed by atoms with Crippen molar-refractivity contribution in [2.24, 2.45) is 16.0 Å². The van der Waals surface area contributed by atoms with E-state index in [0.29, 0.717) is 16.9 Å². The molecule has 8 nitrogen and oxygen atoms in total. The average molecular weight is 469 g/mol. The number of carboxylic acid groups (broad SMARTS) is 1. The molecule has 2 atom stereocenters. The van der Waals surface area contributed by atoms with Gasteiger partial charge in [0.2, 0.25) is 0 Å². The minimum absolute atomic E-state index is 0.149. The fourth-order valence-electron chi connectivity index (χ4n) is 2.54. The minimum atomic E-state index is -4.82. The molecule has 3 aromatic rings. The maximum absolute atomic E-state index is 12.7. The van der Waals surface area contributed by atoms with E-state index >= 15 is 0 Å². The summed E-state index contributed by atoms with van der Waals surface area (Å²) < 4.78 is 28.5. The predicted molar refractivity (Wildman–Crippen MR) is 112 cm³/mol. The monoisotopic (exact) mass is 469 g/mol. The van der Waals surface area contributed by atoms with Crippen molar-refractivity contribution >= 4 is 35.9 Å². The number of azo groups is 1. The molecule has 9 heteroatoms. The van der Waals surface area contributed by atoms with Gasteiger partial charge in [0.05, 0.1) is 0 Å². The van der Waals surface area contributed by atoms with E-state index in [9.17, 15) is 12.6 Å². The van der Waals surface area contributed by atoms with E-state index in [1.807, 2.05) is 30.3 Å². The Labute approximate surface area is 176 Å². The first-order valence-corrected chi connectivity index (χ1v) is 12.3. The molecule has 0 bridgehead atoms. The summed E-state index contributed by atoms with van der Waals surface area (Å²) in [6.07, 6.45) is 0.149. The Bertz CT molecular complexity index is 1070. The zero-order valence-corrected chi connectivity index (χ0v) is 17.7. The second-order valence-corrected chi connectivity index (χ2v) is 10.1. The van der Waals surface area contributed by atoms with Crippen LogP contribution in [0.25, 0.3) is 0 Å². The van der Waals surface area contributed by atoms with Gasteiger partial charge in [0.25, 0.3) is 0 Å². The number of nitrogens with two attached hydrogens (primary N) is 1. The van der Waals surface area contributed by atoms with Crippen molar-refractivity contribution < 1.29 is 21.5 Å². The van der Waals surface area contributed by atoms with Crippen LogP contribution in [-0.2, 0) is 15.0 Å². The van der Waals surface area contributed by atoms with Crippen molar-refractivity contribution in [2.75, 3.05) is 0 Å². The van der Waals surface area contributed by atoms with E-state index < -0.39 is 26.2 Å². The summed E-state index contributed by atoms with van der Waals surface area (Å²) in [6.45, 7) is 0. The van der Waals surface area contributed by atoms with E-state index in [2.05, 4.69) is 10.2 Å². The molecule has 154 valence electrons. The van der Waals surface area contributed by atoms with Gasteiger partial charge in [0, 0.05) is 0 Å². The molecular weight excluding hydrogens is 449 g/mol. The molecule has 0 aliphatic carbocycles. The topological polar surface area (TPSA) is 135 Å². The zero-order valence-electron chi connectivity index (χ0n) is 15.8. The molecule has 4 N–H and O–H groups in total. The SMILES string of the molecule is N[C@@H](Cc1ccc(O[As](=O)(O)c2ccc(N=Nc3ccccc3)cc2)cc1)C(=O)O. The van der Waals surface area contributed by atoms with Gasteiger partial charge in [0.15, 0.2) is 0 Å². The van der Waals surface area contributed by atoms with Crippen LogP contribution in [0.1, 0.15) is 5.56 Å². The summed E-state index contributed by atoms with van der Waals surface area (Å²) in [5.74, 6) is -0.884. The van der Waals surface area contributed by atoms with Crippen LogP contribution in [0, 0.1) is 0 Å². The van der Waals surface area contributed by atoms with Gasteiger partial charge in [-0.1, -0.05) is 0 Å². The number of carbonyl (C=O) groups is 1. The molecule has 30 heavy (non-hydrogen) atoms. The first-order valence-electron chi connectivity index (χ1n) is 9.01. The fourth-order valence-corrected chi connectivity index (χ4v) is 4.72. The Kier molecular flexibility index (Phi) is 6.84. The fraction of sp³-hybridized carbons (Fsp3) is 0.0952. The van der Waals surface area contributed by atoms with Crippen LogP contribution in [0.5, 0.6) is 5.75 Å². The number of carboxylic acids is 1. The molecule has 0 heterocycles. The second-order valence-electron chi connectivity index (χ2n) is 6.46. The molecule has 0 saturated heterocycles. The van der Waals surface area contributed by atoms with Crippen molar-refractivity contribution in [3.63, 3.8) is 0 Å². The van der Waals surface area contributed by atoms with E-state index in [4.69, 9.17) is 14.6 Å². The summed E-state index contributed by atoms with van der Waals surface area (Å²) in [6, 6.07) is 20.6. The number of aliphatic carboxylic acids is 1. The third-order valence-corrected chi connectivity index (χ3v) is 7.09. The first-order chi connectivity index (χ1) is 14.3. The van der Waals surface area contributed by atoms with Gasteiger partial charge in [-0.15, -0.1) is 0 Å². The number of rotatable bonds is 8. The van der Waals surface area contributed by atoms with E-state index in [1.165, 1.54) is 24.3 Å². The molecule has 0 fully saturated rings. The second kappa shape index (κ2) is 9.54. The number of benzene rings is 3. The summed E-state index contributed by atoms with van der Waals surface area (Å²) in [4.78, 5) is 10.8. The number of hydrogen-bond acceptors (Lipinski definition) is 6. The van der Waals surface area contributed by atoms with Crippen molar-refractivity contribution in [1.82, 2.24) is 0 Å². The molecule has 0 radical (unpaired) electrons. The van der Waals surface area contributed by atoms with Crippen LogP contribution in [0.2, 0.25) is 0 Å². The number of hydrogen-bond donors (Lipinski definition) is 3. The van der Waals surface area contributed by atoms with Crippen molar-refractivity contribution in [2.45, 2.75) is 12.5 Å². The van der Waals surface area contributed by atoms with Crippen molar-refractivity contribution in [3.05, 3.63) is 84.4 Å². The van der Waals surface area contributed by atoms with Gasteiger partial charge >= 0.3 is 176 Å². The van der Waals surface area contributed by atoms with Crippen LogP contribution >= 0.6 is 0 Å². The van der Waals surface area contributed by atoms with Crippen LogP contribution in [-0.4, -0.2) is 35.4 Å². The maximum atomic E-state index is 12.7. The third-order valence-electron chi connectivity index (χ3n) is 4.14. The summed E-state index contributed by atoms with van der Waals surface area (Å²) in [7, 11) is 0. The molecule has 0 aliphatic heterocycles. The molecule has 0 aliphatic rings. The molecule has 3 aromatic carbocycles. The molecule has 0 amide bonds. The van der Waals surface area contributed by atoms with E-state index in [1.54, 1.807) is 24.3 Å². The Balaban J connectivity index is 1.66. The van der Waals surface area contributed by atoms with Gasteiger partial charge in [-0.25, -0.2) is 0 Å². The Morgan fingerprint density at radius 1 is 0.933 bits per heavy atom. The Morgan fingerprint density at radius 2 is 1.50 bits per heavy atom. The first kappa shape index (κ1) is 21.5. The van der Waals surface area contributed by atoms with Crippen LogP contribution in [0.3, 0.4) is 0 Å². The molecule has 1 unspecified atom stereocenters. The summed E-state index contributed by atoms with van der Waals surface area (Å²) in [5, 5.41) is 17.1. The molecule has 0 saturated carbocycles. The van der Waals surface area contributed by atoms with Gasteiger partial charge in [-0.2, -0.15) is 0 Å². The number of nitrogens with zero attached hydrogens (tertiary/aromatic N) is 2. The van der Waals surface area contributed by atoms with Gasteiger partial charge in [-0.05, 0) is 0 Å². The predicted octanol–water partition coefficient (Wildman–Crippen LogP) is 2.70. The van der Waals surface area contributed by atoms with Crippen molar-refractivity contribution in [1.29, 1.82) is 0 Å². The molecule has 0 aromatic heterocycles. The zero-order chi connectivity index (χ0) is 21.6. The van der Waals surface area contributed by atoms with Crippen LogP contribution < -0.4 is 13.8 Å². The molecular formula is C21H20AsN3O5. The Hall–Kier alpha value is -3.19. The summed E-state index contributed by atoms with van der Waals surface area (Å²) in [5.41, 5.74) is 7.43. The standard InChI is InChI=1S/C21H20AsN3O5/c23-20(21(26)27)14-15-6-12-19(13-7-15)30-22(28,29)16-8-10-18(11-9-16)25-24-17-4-2-1-3-5-17/h1-13,20H,14,23H2,(H,26,27)(H,28,29)/t20-/m0/s1. The van der Waals surface area contributed by atoms with Gasteiger partial charge in [-0.3, -0.25) is 0 Å². The molecule has 3 rings (SSSR count). The summed E-state index contributed by atoms with van der Waals surface area (Å²) >= 11 is -4.82. The van der Waals surface area contributed by atoms with Gasteiger partial charge < -0.3 is 0 Å². The van der Waals surface area contributed by atoms with Crippen LogP contribution in [0.15, 0.2) is 89.1 Å². The third kappa shape index (κ3) is 5.90. The van der Waals surface area contributed by atoms with Crippen molar-refractivity contribution in [3.8, 4) is 5.75 Å². The average Bonchev–Trinajstić information content (AvgIpc) is 2.74. The molecule has 0 spiro atoms.